The van der Waals surface area contributed by atoms with Crippen LogP contribution >= 0.6 is 0 Å². The smallest absolute Gasteiger partial charge is 0.311 e. The van der Waals surface area contributed by atoms with Crippen LogP contribution in [-0.4, -0.2) is 34.9 Å². The first-order chi connectivity index (χ1) is 11.5. The molecule has 0 radical (unpaired) electrons. The van der Waals surface area contributed by atoms with Crippen molar-refractivity contribution in [2.24, 2.45) is 0 Å². The van der Waals surface area contributed by atoms with Crippen molar-refractivity contribution in [2.75, 3.05) is 13.2 Å². The Labute approximate surface area is 142 Å². The molecule has 6 heteroatoms. The van der Waals surface area contributed by atoms with Crippen LogP contribution in [0.4, 0.5) is 5.69 Å². The normalized spacial score (nSPS) is 17.9. The standard InChI is InChI=1S/C18H24N2O4/c1-3-12-24-17-9-7-15(13-16(17)20(22)23)8-10-18(21)19-11-5-4-6-14(19)2/h7-10,13-14H,3-6,11-12H2,1-2H3/b10-8+. The van der Waals surface area contributed by atoms with Crippen molar-refractivity contribution in [3.05, 3.63) is 40.0 Å². The second kappa shape index (κ2) is 8.47. The van der Waals surface area contributed by atoms with Crippen LogP contribution in [0.25, 0.3) is 6.08 Å². The molecular weight excluding hydrogens is 308 g/mol. The van der Waals surface area contributed by atoms with E-state index in [1.165, 1.54) is 12.1 Å². The number of ether oxygens (including phenoxy) is 1. The lowest BCUT2D eigenvalue weighted by Gasteiger charge is -2.32. The van der Waals surface area contributed by atoms with Crippen LogP contribution in [0, 0.1) is 10.1 Å². The van der Waals surface area contributed by atoms with E-state index in [2.05, 4.69) is 6.92 Å². The first kappa shape index (κ1) is 18.0. The van der Waals surface area contributed by atoms with Crippen LogP contribution in [0.1, 0.15) is 45.1 Å². The van der Waals surface area contributed by atoms with Crippen molar-refractivity contribution < 1.29 is 14.5 Å². The van der Waals surface area contributed by atoms with E-state index >= 15 is 0 Å². The van der Waals surface area contributed by atoms with E-state index < -0.39 is 4.92 Å². The van der Waals surface area contributed by atoms with Crippen LogP contribution in [0.15, 0.2) is 24.3 Å². The monoisotopic (exact) mass is 332 g/mol. The maximum atomic E-state index is 12.3. The fourth-order valence-corrected chi connectivity index (χ4v) is 2.80. The predicted octanol–water partition coefficient (Wildman–Crippen LogP) is 3.80. The number of nitrogens with zero attached hydrogens (tertiary/aromatic N) is 2. The van der Waals surface area contributed by atoms with Crippen molar-refractivity contribution >= 4 is 17.7 Å². The molecular formula is C18H24N2O4. The van der Waals surface area contributed by atoms with E-state index in [0.29, 0.717) is 12.2 Å². The predicted molar refractivity (Wildman–Crippen MR) is 92.9 cm³/mol. The van der Waals surface area contributed by atoms with Gasteiger partial charge in [-0.05, 0) is 50.3 Å². The van der Waals surface area contributed by atoms with Gasteiger partial charge in [-0.3, -0.25) is 14.9 Å². The van der Waals surface area contributed by atoms with Crippen LogP contribution in [-0.2, 0) is 4.79 Å². The van der Waals surface area contributed by atoms with Crippen molar-refractivity contribution in [3.63, 3.8) is 0 Å². The molecule has 2 rings (SSSR count). The summed E-state index contributed by atoms with van der Waals surface area (Å²) in [5.74, 6) is 0.214. The highest BCUT2D eigenvalue weighted by Gasteiger charge is 2.21. The second-order valence-corrected chi connectivity index (χ2v) is 6.04. The molecule has 1 heterocycles. The number of nitro benzene ring substituents is 1. The molecule has 1 aliphatic rings. The highest BCUT2D eigenvalue weighted by Crippen LogP contribution is 2.28. The summed E-state index contributed by atoms with van der Waals surface area (Å²) in [4.78, 5) is 24.9. The third-order valence-electron chi connectivity index (χ3n) is 4.15. The van der Waals surface area contributed by atoms with Gasteiger partial charge in [-0.1, -0.05) is 13.0 Å². The van der Waals surface area contributed by atoms with Crippen LogP contribution in [0.3, 0.4) is 0 Å². The lowest BCUT2D eigenvalue weighted by Crippen LogP contribution is -2.41. The Kier molecular flexibility index (Phi) is 6.35. The molecule has 130 valence electrons. The topological polar surface area (TPSA) is 72.7 Å². The minimum atomic E-state index is -0.461. The number of carbonyl (C=O) groups is 1. The summed E-state index contributed by atoms with van der Waals surface area (Å²) < 4.78 is 5.40. The quantitative estimate of drug-likeness (QED) is 0.451. The zero-order chi connectivity index (χ0) is 17.5. The molecule has 1 fully saturated rings. The Morgan fingerprint density at radius 3 is 2.92 bits per heavy atom. The molecule has 0 aliphatic carbocycles. The first-order valence-electron chi connectivity index (χ1n) is 8.43. The van der Waals surface area contributed by atoms with E-state index in [9.17, 15) is 14.9 Å². The number of nitro groups is 1. The van der Waals surface area contributed by atoms with Gasteiger partial charge in [-0.25, -0.2) is 0 Å². The molecule has 1 amide bonds. The molecule has 1 aromatic rings. The molecule has 0 spiro atoms. The van der Waals surface area contributed by atoms with Gasteiger partial charge in [0.05, 0.1) is 11.5 Å². The second-order valence-electron chi connectivity index (χ2n) is 6.04. The molecule has 24 heavy (non-hydrogen) atoms. The summed E-state index contributed by atoms with van der Waals surface area (Å²) in [6.07, 6.45) is 7.10. The number of carbonyl (C=O) groups excluding carboxylic acids is 1. The van der Waals surface area contributed by atoms with Crippen molar-refractivity contribution in [1.82, 2.24) is 4.90 Å². The number of hydrogen-bond acceptors (Lipinski definition) is 4. The number of piperidine rings is 1. The summed E-state index contributed by atoms with van der Waals surface area (Å²) in [6.45, 7) is 5.20. The van der Waals surface area contributed by atoms with Gasteiger partial charge in [0.25, 0.3) is 0 Å². The van der Waals surface area contributed by atoms with E-state index in [0.717, 1.165) is 32.2 Å². The molecule has 1 unspecified atom stereocenters. The highest BCUT2D eigenvalue weighted by molar-refractivity contribution is 5.92. The van der Waals surface area contributed by atoms with Crippen molar-refractivity contribution in [1.29, 1.82) is 0 Å². The molecule has 0 bridgehead atoms. The molecule has 6 nitrogen and oxygen atoms in total. The maximum Gasteiger partial charge on any atom is 0.311 e. The molecule has 1 aliphatic heterocycles. The SMILES string of the molecule is CCCOc1ccc(/C=C/C(=O)N2CCCCC2C)cc1[N+](=O)[O-]. The van der Waals surface area contributed by atoms with Crippen LogP contribution in [0.5, 0.6) is 5.75 Å². The van der Waals surface area contributed by atoms with E-state index in [1.807, 2.05) is 11.8 Å². The molecule has 1 saturated heterocycles. The number of hydrogen-bond donors (Lipinski definition) is 0. The molecule has 1 aromatic carbocycles. The molecule has 0 N–H and O–H groups in total. The average molecular weight is 332 g/mol. The Hall–Kier alpha value is -2.37. The lowest BCUT2D eigenvalue weighted by molar-refractivity contribution is -0.385. The van der Waals surface area contributed by atoms with Gasteiger partial charge < -0.3 is 9.64 Å². The van der Waals surface area contributed by atoms with Gasteiger partial charge in [0.1, 0.15) is 0 Å². The summed E-state index contributed by atoms with van der Waals surface area (Å²) in [7, 11) is 0. The summed E-state index contributed by atoms with van der Waals surface area (Å²) in [5, 5.41) is 11.2. The fourth-order valence-electron chi connectivity index (χ4n) is 2.80. The number of rotatable bonds is 6. The Bertz CT molecular complexity index is 627. The number of likely N-dealkylation sites (tertiary alicyclic amines) is 1. The Morgan fingerprint density at radius 1 is 1.46 bits per heavy atom. The molecule has 0 aromatic heterocycles. The fraction of sp³-hybridized carbons (Fsp3) is 0.500. The number of benzene rings is 1. The number of amides is 1. The zero-order valence-electron chi connectivity index (χ0n) is 14.2. The van der Waals surface area contributed by atoms with Gasteiger partial charge in [-0.15, -0.1) is 0 Å². The third kappa shape index (κ3) is 4.57. The summed E-state index contributed by atoms with van der Waals surface area (Å²) in [6, 6.07) is 4.99. The largest absolute Gasteiger partial charge is 0.487 e. The van der Waals surface area contributed by atoms with E-state index in [-0.39, 0.29) is 23.4 Å². The van der Waals surface area contributed by atoms with Gasteiger partial charge in [-0.2, -0.15) is 0 Å². The maximum absolute atomic E-state index is 12.3. The highest BCUT2D eigenvalue weighted by atomic mass is 16.6. The summed E-state index contributed by atoms with van der Waals surface area (Å²) >= 11 is 0. The molecule has 1 atom stereocenters. The lowest BCUT2D eigenvalue weighted by atomic mass is 10.0. The van der Waals surface area contributed by atoms with Gasteiger partial charge in [0.15, 0.2) is 5.75 Å². The minimum absolute atomic E-state index is 0.0452. The minimum Gasteiger partial charge on any atom is -0.487 e. The van der Waals surface area contributed by atoms with Gasteiger partial charge in [0.2, 0.25) is 5.91 Å². The van der Waals surface area contributed by atoms with Crippen LogP contribution in [0.2, 0.25) is 0 Å². The van der Waals surface area contributed by atoms with Crippen molar-refractivity contribution in [2.45, 2.75) is 45.6 Å². The Morgan fingerprint density at radius 2 is 2.25 bits per heavy atom. The molecule has 0 saturated carbocycles. The van der Waals surface area contributed by atoms with Gasteiger partial charge in [0, 0.05) is 24.7 Å². The van der Waals surface area contributed by atoms with E-state index in [1.54, 1.807) is 18.2 Å². The van der Waals surface area contributed by atoms with Crippen molar-refractivity contribution in [3.8, 4) is 5.75 Å². The Balaban J connectivity index is 2.12. The summed E-state index contributed by atoms with van der Waals surface area (Å²) in [5.41, 5.74) is 0.535. The third-order valence-corrected chi connectivity index (χ3v) is 4.15. The van der Waals surface area contributed by atoms with Gasteiger partial charge >= 0.3 is 5.69 Å². The first-order valence-corrected chi connectivity index (χ1v) is 8.43. The van der Waals surface area contributed by atoms with Crippen LogP contribution < -0.4 is 4.74 Å². The van der Waals surface area contributed by atoms with E-state index in [4.69, 9.17) is 4.74 Å². The zero-order valence-corrected chi connectivity index (χ0v) is 14.2. The average Bonchev–Trinajstić information content (AvgIpc) is 2.58.